The van der Waals surface area contributed by atoms with Crippen LogP contribution in [0.25, 0.3) is 6.08 Å². The predicted octanol–water partition coefficient (Wildman–Crippen LogP) is 2.89. The van der Waals surface area contributed by atoms with Crippen molar-refractivity contribution in [3.8, 4) is 0 Å². The van der Waals surface area contributed by atoms with E-state index >= 15 is 0 Å². The first-order chi connectivity index (χ1) is 10.2. The van der Waals surface area contributed by atoms with E-state index in [1.165, 1.54) is 10.6 Å². The molecule has 2 aromatic heterocycles. The molecule has 4 nitrogen and oxygen atoms in total. The Morgan fingerprint density at radius 3 is 3.00 bits per heavy atom. The van der Waals surface area contributed by atoms with Crippen LogP contribution in [0.3, 0.4) is 0 Å². The molecule has 110 valence electrons. The van der Waals surface area contributed by atoms with Gasteiger partial charge >= 0.3 is 0 Å². The summed E-state index contributed by atoms with van der Waals surface area (Å²) in [5.41, 5.74) is 7.84. The second-order valence-corrected chi connectivity index (χ2v) is 6.51. The van der Waals surface area contributed by atoms with Crippen molar-refractivity contribution in [1.29, 1.82) is 0 Å². The van der Waals surface area contributed by atoms with Crippen LogP contribution < -0.4 is 5.73 Å². The molecule has 0 unspecified atom stereocenters. The van der Waals surface area contributed by atoms with Crippen molar-refractivity contribution in [3.05, 3.63) is 45.7 Å². The van der Waals surface area contributed by atoms with Gasteiger partial charge in [-0.15, -0.1) is 11.3 Å². The van der Waals surface area contributed by atoms with Gasteiger partial charge in [-0.05, 0) is 24.6 Å². The van der Waals surface area contributed by atoms with Crippen molar-refractivity contribution in [1.82, 2.24) is 14.9 Å². The van der Waals surface area contributed by atoms with Crippen molar-refractivity contribution in [2.45, 2.75) is 12.8 Å². The summed E-state index contributed by atoms with van der Waals surface area (Å²) in [6, 6.07) is 5.65. The number of fused-ring (bicyclic) bond motifs is 1. The highest BCUT2D eigenvalue weighted by Crippen LogP contribution is 2.24. The van der Waals surface area contributed by atoms with E-state index in [9.17, 15) is 0 Å². The zero-order valence-corrected chi connectivity index (χ0v) is 13.2. The lowest BCUT2D eigenvalue weighted by Gasteiger charge is -2.17. The lowest BCUT2D eigenvalue weighted by Crippen LogP contribution is -2.26. The van der Waals surface area contributed by atoms with Gasteiger partial charge in [0.1, 0.15) is 5.15 Å². The van der Waals surface area contributed by atoms with Crippen molar-refractivity contribution in [2.75, 3.05) is 25.4 Å². The number of nitrogens with two attached hydrogens (primary N) is 1. The molecule has 1 aliphatic rings. The average Bonchev–Trinajstić information content (AvgIpc) is 2.71. The fourth-order valence-corrected chi connectivity index (χ4v) is 3.49. The minimum absolute atomic E-state index is 0.528. The molecule has 2 N–H and O–H groups in total. The fraction of sp³-hybridized carbons (Fsp3) is 0.333. The maximum atomic E-state index is 5.87. The zero-order chi connectivity index (χ0) is 14.7. The Morgan fingerprint density at radius 1 is 1.29 bits per heavy atom. The first-order valence-corrected chi connectivity index (χ1v) is 8.15. The lowest BCUT2D eigenvalue weighted by atomic mass is 10.2. The predicted molar refractivity (Wildman–Crippen MR) is 88.7 cm³/mol. The largest absolute Gasteiger partial charge is 0.375 e. The average molecular weight is 321 g/mol. The van der Waals surface area contributed by atoms with E-state index in [1.54, 1.807) is 17.4 Å². The van der Waals surface area contributed by atoms with Crippen LogP contribution >= 0.6 is 22.9 Å². The van der Waals surface area contributed by atoms with Gasteiger partial charge in [0, 0.05) is 30.9 Å². The van der Waals surface area contributed by atoms with E-state index in [0.29, 0.717) is 10.3 Å². The third-order valence-corrected chi connectivity index (χ3v) is 4.70. The summed E-state index contributed by atoms with van der Waals surface area (Å²) < 4.78 is 0. The minimum Gasteiger partial charge on any atom is -0.375 e. The molecule has 6 heteroatoms. The Morgan fingerprint density at radius 2 is 2.14 bits per heavy atom. The Bertz CT molecular complexity index is 627. The van der Waals surface area contributed by atoms with Gasteiger partial charge in [0.15, 0.2) is 5.13 Å². The molecule has 1 aliphatic heterocycles. The van der Waals surface area contributed by atoms with Gasteiger partial charge in [-0.1, -0.05) is 23.7 Å². The van der Waals surface area contributed by atoms with Gasteiger partial charge in [0.25, 0.3) is 0 Å². The second-order valence-electron chi connectivity index (χ2n) is 5.01. The highest BCUT2D eigenvalue weighted by atomic mass is 35.5. The molecule has 0 radical (unpaired) electrons. The number of anilines is 1. The zero-order valence-electron chi connectivity index (χ0n) is 11.6. The lowest BCUT2D eigenvalue weighted by molar-refractivity contribution is 0.318. The van der Waals surface area contributed by atoms with Gasteiger partial charge in [-0.25, -0.2) is 9.97 Å². The Hall–Kier alpha value is -1.43. The van der Waals surface area contributed by atoms with Crippen molar-refractivity contribution in [3.63, 3.8) is 0 Å². The summed E-state index contributed by atoms with van der Waals surface area (Å²) in [5, 5.41) is 1.22. The molecule has 0 aromatic carbocycles. The van der Waals surface area contributed by atoms with Gasteiger partial charge in [0.2, 0.25) is 0 Å². The number of nitrogen functional groups attached to an aromatic ring is 1. The van der Waals surface area contributed by atoms with Crippen LogP contribution in [0.15, 0.2) is 24.3 Å². The highest BCUT2D eigenvalue weighted by molar-refractivity contribution is 7.15. The van der Waals surface area contributed by atoms with Crippen LogP contribution in [0.5, 0.6) is 0 Å². The van der Waals surface area contributed by atoms with E-state index in [1.807, 2.05) is 18.2 Å². The number of pyridine rings is 1. The number of aromatic nitrogens is 2. The molecule has 0 saturated carbocycles. The van der Waals surface area contributed by atoms with Crippen molar-refractivity contribution >= 4 is 34.1 Å². The quantitative estimate of drug-likeness (QED) is 0.884. The smallest absolute Gasteiger partial charge is 0.180 e. The van der Waals surface area contributed by atoms with Gasteiger partial charge in [-0.2, -0.15) is 0 Å². The third kappa shape index (κ3) is 3.81. The second kappa shape index (κ2) is 6.56. The monoisotopic (exact) mass is 320 g/mol. The number of nitrogens with zero attached hydrogens (tertiary/aromatic N) is 3. The maximum absolute atomic E-state index is 5.87. The molecular weight excluding hydrogens is 304 g/mol. The number of rotatable bonds is 3. The molecule has 21 heavy (non-hydrogen) atoms. The first kappa shape index (κ1) is 14.5. The standard InChI is InChI=1S/C15H17ClN4S/c16-14-5-1-3-11(18-14)4-2-8-20-9-6-12-13(7-10-20)21-15(17)19-12/h1-5H,6-10H2,(H2,17,19)/b4-2+. The number of thiazole rings is 1. The Balaban J connectivity index is 1.56. The van der Waals surface area contributed by atoms with Crippen molar-refractivity contribution in [2.24, 2.45) is 0 Å². The molecule has 0 fully saturated rings. The SMILES string of the molecule is Nc1nc2c(s1)CCN(C/C=C/c1cccc(Cl)n1)CC2. The van der Waals surface area contributed by atoms with Crippen LogP contribution in [0.4, 0.5) is 5.13 Å². The minimum atomic E-state index is 0.528. The Labute approximate surface area is 133 Å². The maximum Gasteiger partial charge on any atom is 0.180 e. The van der Waals surface area contributed by atoms with Crippen LogP contribution in [-0.4, -0.2) is 34.5 Å². The van der Waals surface area contributed by atoms with Gasteiger partial charge in [0.05, 0.1) is 11.4 Å². The molecule has 0 spiro atoms. The third-order valence-electron chi connectivity index (χ3n) is 3.50. The summed E-state index contributed by atoms with van der Waals surface area (Å²) in [6.07, 6.45) is 6.17. The van der Waals surface area contributed by atoms with E-state index in [0.717, 1.165) is 38.2 Å². The van der Waals surface area contributed by atoms with E-state index in [-0.39, 0.29) is 0 Å². The molecule has 0 saturated heterocycles. The summed E-state index contributed by atoms with van der Waals surface area (Å²) in [7, 11) is 0. The molecule has 3 rings (SSSR count). The summed E-state index contributed by atoms with van der Waals surface area (Å²) in [6.45, 7) is 2.98. The topological polar surface area (TPSA) is 55.0 Å². The summed E-state index contributed by atoms with van der Waals surface area (Å²) >= 11 is 7.50. The van der Waals surface area contributed by atoms with Crippen molar-refractivity contribution < 1.29 is 0 Å². The van der Waals surface area contributed by atoms with Crippen LogP contribution in [0.1, 0.15) is 16.3 Å². The Kier molecular flexibility index (Phi) is 4.53. The normalized spacial score (nSPS) is 16.0. The number of halogens is 1. The molecule has 0 bridgehead atoms. The number of hydrogen-bond acceptors (Lipinski definition) is 5. The summed E-state index contributed by atoms with van der Waals surface area (Å²) in [4.78, 5) is 12.4. The number of hydrogen-bond donors (Lipinski definition) is 1. The highest BCUT2D eigenvalue weighted by Gasteiger charge is 2.16. The first-order valence-electron chi connectivity index (χ1n) is 6.96. The fourth-order valence-electron chi connectivity index (χ4n) is 2.45. The molecule has 0 atom stereocenters. The summed E-state index contributed by atoms with van der Waals surface area (Å²) in [5.74, 6) is 0. The van der Waals surface area contributed by atoms with E-state index in [4.69, 9.17) is 17.3 Å². The molecule has 2 aromatic rings. The van der Waals surface area contributed by atoms with Crippen LogP contribution in [0, 0.1) is 0 Å². The van der Waals surface area contributed by atoms with E-state index in [2.05, 4.69) is 20.9 Å². The van der Waals surface area contributed by atoms with Gasteiger partial charge in [-0.3, -0.25) is 4.90 Å². The molecule has 3 heterocycles. The van der Waals surface area contributed by atoms with E-state index < -0.39 is 0 Å². The molecule has 0 amide bonds. The molecule has 0 aliphatic carbocycles. The van der Waals surface area contributed by atoms with Crippen LogP contribution in [-0.2, 0) is 12.8 Å². The molecular formula is C15H17ClN4S. The van der Waals surface area contributed by atoms with Crippen LogP contribution in [0.2, 0.25) is 5.15 Å². The van der Waals surface area contributed by atoms with Gasteiger partial charge < -0.3 is 5.73 Å².